The zero-order valence-electron chi connectivity index (χ0n) is 10.4. The Bertz CT molecular complexity index is 581. The van der Waals surface area contributed by atoms with Crippen molar-refractivity contribution < 1.29 is 13.6 Å². The van der Waals surface area contributed by atoms with Crippen LogP contribution in [0, 0.1) is 11.6 Å². The van der Waals surface area contributed by atoms with E-state index in [1.165, 1.54) is 30.3 Å². The number of hydrogen-bond acceptors (Lipinski definition) is 1. The molecular weight excluding hydrogens is 248 g/mol. The van der Waals surface area contributed by atoms with Gasteiger partial charge in [0.25, 0.3) is 5.91 Å². The van der Waals surface area contributed by atoms with Gasteiger partial charge in [-0.15, -0.1) is 0 Å². The van der Waals surface area contributed by atoms with Gasteiger partial charge in [-0.1, -0.05) is 24.3 Å². The van der Waals surface area contributed by atoms with Crippen LogP contribution in [0.15, 0.2) is 48.5 Å². The monoisotopic (exact) mass is 261 g/mol. The van der Waals surface area contributed by atoms with Crippen LogP contribution in [-0.2, 0) is 0 Å². The van der Waals surface area contributed by atoms with Crippen molar-refractivity contribution in [3.63, 3.8) is 0 Å². The second-order valence-corrected chi connectivity index (χ2v) is 4.23. The number of benzene rings is 2. The van der Waals surface area contributed by atoms with Gasteiger partial charge in [-0.25, -0.2) is 8.78 Å². The lowest BCUT2D eigenvalue weighted by Crippen LogP contribution is -2.27. The molecule has 0 unspecified atom stereocenters. The molecule has 1 atom stereocenters. The van der Waals surface area contributed by atoms with Crippen LogP contribution in [0.1, 0.15) is 28.9 Å². The molecule has 0 saturated carbocycles. The third kappa shape index (κ3) is 3.16. The quantitative estimate of drug-likeness (QED) is 0.900. The predicted molar refractivity (Wildman–Crippen MR) is 68.7 cm³/mol. The Morgan fingerprint density at radius 2 is 1.68 bits per heavy atom. The van der Waals surface area contributed by atoms with Crippen molar-refractivity contribution in [2.75, 3.05) is 0 Å². The number of halogens is 2. The molecule has 2 aromatic carbocycles. The molecule has 0 aliphatic heterocycles. The summed E-state index contributed by atoms with van der Waals surface area (Å²) < 4.78 is 26.2. The predicted octanol–water partition coefficient (Wildman–Crippen LogP) is 3.46. The van der Waals surface area contributed by atoms with Gasteiger partial charge >= 0.3 is 0 Å². The first-order valence-corrected chi connectivity index (χ1v) is 5.89. The Morgan fingerprint density at radius 1 is 1.05 bits per heavy atom. The number of rotatable bonds is 3. The lowest BCUT2D eigenvalue weighted by molar-refractivity contribution is 0.0936. The second kappa shape index (κ2) is 5.61. The number of amides is 1. The molecule has 0 saturated heterocycles. The van der Waals surface area contributed by atoms with Crippen LogP contribution in [0.25, 0.3) is 0 Å². The van der Waals surface area contributed by atoms with Crippen LogP contribution in [0.4, 0.5) is 8.78 Å². The molecular formula is C15H13F2NO. The summed E-state index contributed by atoms with van der Waals surface area (Å²) in [6.07, 6.45) is 0. The summed E-state index contributed by atoms with van der Waals surface area (Å²) in [5, 5.41) is 2.67. The topological polar surface area (TPSA) is 29.1 Å². The minimum atomic E-state index is -0.564. The van der Waals surface area contributed by atoms with Gasteiger partial charge in [0.15, 0.2) is 0 Å². The third-order valence-corrected chi connectivity index (χ3v) is 2.84. The van der Waals surface area contributed by atoms with Gasteiger partial charge in [-0.05, 0) is 36.8 Å². The number of carbonyl (C=O) groups excluding carboxylic acids is 1. The van der Waals surface area contributed by atoms with Crippen LogP contribution in [0.2, 0.25) is 0 Å². The molecule has 0 radical (unpaired) electrons. The Labute approximate surface area is 110 Å². The lowest BCUT2D eigenvalue weighted by Gasteiger charge is -2.14. The van der Waals surface area contributed by atoms with Crippen molar-refractivity contribution in [2.24, 2.45) is 0 Å². The van der Waals surface area contributed by atoms with E-state index in [0.29, 0.717) is 0 Å². The van der Waals surface area contributed by atoms with Crippen LogP contribution < -0.4 is 5.32 Å². The van der Waals surface area contributed by atoms with Gasteiger partial charge in [0, 0.05) is 0 Å². The molecule has 19 heavy (non-hydrogen) atoms. The fraction of sp³-hybridized carbons (Fsp3) is 0.133. The van der Waals surface area contributed by atoms with E-state index in [2.05, 4.69) is 5.32 Å². The Morgan fingerprint density at radius 3 is 2.32 bits per heavy atom. The van der Waals surface area contributed by atoms with E-state index in [1.807, 2.05) is 0 Å². The minimum absolute atomic E-state index is 0.00328. The van der Waals surface area contributed by atoms with Crippen LogP contribution in [-0.4, -0.2) is 5.91 Å². The molecule has 0 bridgehead atoms. The molecule has 2 rings (SSSR count). The summed E-state index contributed by atoms with van der Waals surface area (Å²) in [7, 11) is 0. The van der Waals surface area contributed by atoms with E-state index in [0.717, 1.165) is 5.56 Å². The Balaban J connectivity index is 2.11. The molecule has 2 aromatic rings. The Hall–Kier alpha value is -2.23. The van der Waals surface area contributed by atoms with Gasteiger partial charge in [0.1, 0.15) is 11.6 Å². The molecule has 1 N–H and O–H groups in total. The Kier molecular flexibility index (Phi) is 3.90. The van der Waals surface area contributed by atoms with Crippen molar-refractivity contribution in [3.05, 3.63) is 71.3 Å². The normalized spacial score (nSPS) is 11.9. The molecule has 0 spiro atoms. The first-order chi connectivity index (χ1) is 9.08. The summed E-state index contributed by atoms with van der Waals surface area (Å²) in [5.41, 5.74) is 0.752. The van der Waals surface area contributed by atoms with Crippen molar-refractivity contribution >= 4 is 5.91 Å². The maximum absolute atomic E-state index is 13.4. The van der Waals surface area contributed by atoms with E-state index in [9.17, 15) is 13.6 Å². The average molecular weight is 261 g/mol. The van der Waals surface area contributed by atoms with Crippen molar-refractivity contribution in [3.8, 4) is 0 Å². The van der Waals surface area contributed by atoms with E-state index in [4.69, 9.17) is 0 Å². The zero-order chi connectivity index (χ0) is 13.8. The lowest BCUT2D eigenvalue weighted by atomic mass is 10.1. The SMILES string of the molecule is C[C@@H](NC(=O)c1ccccc1F)c1ccc(F)cc1. The summed E-state index contributed by atoms with van der Waals surface area (Å²) in [6.45, 7) is 1.76. The first kappa shape index (κ1) is 13.2. The molecule has 2 nitrogen and oxygen atoms in total. The highest BCUT2D eigenvalue weighted by molar-refractivity contribution is 5.94. The first-order valence-electron chi connectivity index (χ1n) is 5.89. The highest BCUT2D eigenvalue weighted by atomic mass is 19.1. The van der Waals surface area contributed by atoms with Gasteiger partial charge < -0.3 is 5.32 Å². The molecule has 0 fully saturated rings. The number of nitrogens with one attached hydrogen (secondary N) is 1. The number of carbonyl (C=O) groups is 1. The van der Waals surface area contributed by atoms with E-state index < -0.39 is 11.7 Å². The van der Waals surface area contributed by atoms with Gasteiger partial charge in [0.05, 0.1) is 11.6 Å². The molecule has 98 valence electrons. The molecule has 1 amide bonds. The highest BCUT2D eigenvalue weighted by Crippen LogP contribution is 2.14. The maximum Gasteiger partial charge on any atom is 0.254 e. The third-order valence-electron chi connectivity index (χ3n) is 2.84. The maximum atomic E-state index is 13.4. The highest BCUT2D eigenvalue weighted by Gasteiger charge is 2.14. The second-order valence-electron chi connectivity index (χ2n) is 4.23. The van der Waals surface area contributed by atoms with E-state index in [1.54, 1.807) is 25.1 Å². The molecule has 0 aliphatic rings. The summed E-state index contributed by atoms with van der Waals surface area (Å²) >= 11 is 0. The fourth-order valence-electron chi connectivity index (χ4n) is 1.75. The molecule has 0 aromatic heterocycles. The standard InChI is InChI=1S/C15H13F2NO/c1-10(11-6-8-12(16)9-7-11)18-15(19)13-4-2-3-5-14(13)17/h2-10H,1H3,(H,18,19)/t10-/m1/s1. The van der Waals surface area contributed by atoms with Gasteiger partial charge in [-0.3, -0.25) is 4.79 Å². The van der Waals surface area contributed by atoms with Crippen LogP contribution in [0.3, 0.4) is 0 Å². The number of hydrogen-bond donors (Lipinski definition) is 1. The van der Waals surface area contributed by atoms with E-state index >= 15 is 0 Å². The van der Waals surface area contributed by atoms with Crippen LogP contribution in [0.5, 0.6) is 0 Å². The van der Waals surface area contributed by atoms with E-state index in [-0.39, 0.29) is 17.4 Å². The summed E-state index contributed by atoms with van der Waals surface area (Å²) in [5.74, 6) is -1.39. The average Bonchev–Trinajstić information content (AvgIpc) is 2.39. The zero-order valence-corrected chi connectivity index (χ0v) is 10.4. The van der Waals surface area contributed by atoms with Crippen molar-refractivity contribution in [1.82, 2.24) is 5.32 Å². The summed E-state index contributed by atoms with van der Waals surface area (Å²) in [6, 6.07) is 11.3. The molecule has 0 heterocycles. The van der Waals surface area contributed by atoms with Gasteiger partial charge in [-0.2, -0.15) is 0 Å². The molecule has 0 aliphatic carbocycles. The smallest absolute Gasteiger partial charge is 0.254 e. The largest absolute Gasteiger partial charge is 0.345 e. The fourth-order valence-corrected chi connectivity index (χ4v) is 1.75. The summed E-state index contributed by atoms with van der Waals surface area (Å²) in [4.78, 5) is 11.9. The molecule has 4 heteroatoms. The van der Waals surface area contributed by atoms with Gasteiger partial charge in [0.2, 0.25) is 0 Å². The minimum Gasteiger partial charge on any atom is -0.345 e. The van der Waals surface area contributed by atoms with Crippen molar-refractivity contribution in [2.45, 2.75) is 13.0 Å². The van der Waals surface area contributed by atoms with Crippen LogP contribution >= 0.6 is 0 Å². The van der Waals surface area contributed by atoms with Crippen molar-refractivity contribution in [1.29, 1.82) is 0 Å².